The Kier molecular flexibility index (Phi) is 5.81. The van der Waals surface area contributed by atoms with Crippen LogP contribution in [0.1, 0.15) is 0 Å². The lowest BCUT2D eigenvalue weighted by molar-refractivity contribution is 0.454. The smallest absolute Gasteiger partial charge is 0.331 e. The summed E-state index contributed by atoms with van der Waals surface area (Å²) in [5.74, 6) is -1.55. The van der Waals surface area contributed by atoms with Gasteiger partial charge in [-0.25, -0.2) is 0 Å². The van der Waals surface area contributed by atoms with Gasteiger partial charge in [0, 0.05) is 6.07 Å². The van der Waals surface area contributed by atoms with Gasteiger partial charge in [-0.3, -0.25) is 0 Å². The maximum atomic E-state index is 11.5. The average Bonchev–Trinajstić information content (AvgIpc) is 2.49. The molecule has 0 radical (unpaired) electrons. The summed E-state index contributed by atoms with van der Waals surface area (Å²) in [5, 5.41) is 1.44. The van der Waals surface area contributed by atoms with E-state index in [1.54, 1.807) is 0 Å². The molecule has 0 atom stereocenters. The summed E-state index contributed by atoms with van der Waals surface area (Å²) in [5.41, 5.74) is 0. The lowest BCUT2D eigenvalue weighted by Gasteiger charge is -2.11. The quantitative estimate of drug-likeness (QED) is 0.566. The lowest BCUT2D eigenvalue weighted by atomic mass is 10.3. The van der Waals surface area contributed by atoms with E-state index in [9.17, 15) is 25.3 Å². The molecule has 0 N–H and O–H groups in total. The highest BCUT2D eigenvalue weighted by atomic mass is 32.2. The minimum atomic E-state index is -4.29. The molecule has 12 heteroatoms. The zero-order valence-electron chi connectivity index (χ0n) is 12.0. The third-order valence-corrected chi connectivity index (χ3v) is 4.63. The Hall–Kier alpha value is -2.31. The first kappa shape index (κ1) is 19.7. The highest BCUT2D eigenvalue weighted by molar-refractivity contribution is 7.90. The van der Waals surface area contributed by atoms with Crippen molar-refractivity contribution in [3.8, 4) is 17.2 Å². The molecule has 24 heavy (non-hydrogen) atoms. The summed E-state index contributed by atoms with van der Waals surface area (Å²) >= 11 is 0. The largest absolute Gasteiger partial charge is 0.379 e. The van der Waals surface area contributed by atoms with E-state index in [1.807, 2.05) is 0 Å². The third kappa shape index (κ3) is 5.72. The Morgan fingerprint density at radius 3 is 1.54 bits per heavy atom. The van der Waals surface area contributed by atoms with Crippen LogP contribution in [0, 0.1) is 0 Å². The highest BCUT2D eigenvalue weighted by Gasteiger charge is 2.19. The van der Waals surface area contributed by atoms with Crippen LogP contribution in [-0.2, 0) is 30.4 Å². The fourth-order valence-electron chi connectivity index (χ4n) is 1.16. The van der Waals surface area contributed by atoms with Crippen molar-refractivity contribution in [2.75, 3.05) is 0 Å². The molecule has 0 aliphatic rings. The standard InChI is InChI=1S/C12H12O9S3/c1-4-22(13,14)19-10-7-8-11(20-23(15,16)5-2)12(9-10)21-24(17,18)6-3/h4-9H,1-3H2. The Bertz CT molecular complexity index is 971. The van der Waals surface area contributed by atoms with Crippen LogP contribution in [-0.4, -0.2) is 25.3 Å². The molecule has 1 aromatic rings. The molecule has 9 nitrogen and oxygen atoms in total. The second-order valence-electron chi connectivity index (χ2n) is 3.84. The van der Waals surface area contributed by atoms with Gasteiger partial charge in [0.15, 0.2) is 11.5 Å². The van der Waals surface area contributed by atoms with E-state index in [2.05, 4.69) is 32.3 Å². The molecule has 0 aliphatic heterocycles. The fraction of sp³-hybridized carbons (Fsp3) is 0. The summed E-state index contributed by atoms with van der Waals surface area (Å²) < 4.78 is 82.2. The average molecular weight is 396 g/mol. The molecule has 1 aromatic carbocycles. The van der Waals surface area contributed by atoms with E-state index < -0.39 is 41.9 Å². The van der Waals surface area contributed by atoms with Crippen LogP contribution in [0.25, 0.3) is 0 Å². The van der Waals surface area contributed by atoms with Gasteiger partial charge in [-0.05, 0) is 12.1 Å². The van der Waals surface area contributed by atoms with Gasteiger partial charge in [0.1, 0.15) is 5.75 Å². The summed E-state index contributed by atoms with van der Waals surface area (Å²) in [6.07, 6.45) is 0. The molecule has 0 heterocycles. The molecule has 0 aromatic heterocycles. The first-order valence-electron chi connectivity index (χ1n) is 5.78. The third-order valence-electron chi connectivity index (χ3n) is 2.15. The molecule has 0 spiro atoms. The van der Waals surface area contributed by atoms with Crippen molar-refractivity contribution in [1.82, 2.24) is 0 Å². The van der Waals surface area contributed by atoms with Crippen molar-refractivity contribution in [3.05, 3.63) is 54.2 Å². The van der Waals surface area contributed by atoms with Gasteiger partial charge in [0.25, 0.3) is 0 Å². The first-order valence-corrected chi connectivity index (χ1v) is 10.2. The predicted molar refractivity (Wildman–Crippen MR) is 85.7 cm³/mol. The molecule has 0 fully saturated rings. The van der Waals surface area contributed by atoms with E-state index in [0.29, 0.717) is 16.2 Å². The van der Waals surface area contributed by atoms with Gasteiger partial charge < -0.3 is 12.5 Å². The first-order chi connectivity index (χ1) is 10.9. The van der Waals surface area contributed by atoms with Gasteiger partial charge in [0.05, 0.1) is 16.2 Å². The Morgan fingerprint density at radius 2 is 1.08 bits per heavy atom. The number of hydrogen-bond donors (Lipinski definition) is 0. The molecule has 0 saturated heterocycles. The zero-order chi connectivity index (χ0) is 18.6. The van der Waals surface area contributed by atoms with Crippen molar-refractivity contribution in [2.24, 2.45) is 0 Å². The van der Waals surface area contributed by atoms with Crippen molar-refractivity contribution in [1.29, 1.82) is 0 Å². The molecule has 0 unspecified atom stereocenters. The van der Waals surface area contributed by atoms with Gasteiger partial charge in [0.2, 0.25) is 0 Å². The van der Waals surface area contributed by atoms with E-state index in [1.165, 1.54) is 0 Å². The highest BCUT2D eigenvalue weighted by Crippen LogP contribution is 2.34. The Balaban J connectivity index is 3.41. The minimum absolute atomic E-state index is 0.368. The van der Waals surface area contributed by atoms with E-state index in [4.69, 9.17) is 0 Å². The van der Waals surface area contributed by atoms with Crippen molar-refractivity contribution < 1.29 is 37.8 Å². The van der Waals surface area contributed by atoms with Crippen LogP contribution >= 0.6 is 0 Å². The maximum absolute atomic E-state index is 11.5. The summed E-state index contributed by atoms with van der Waals surface area (Å²) in [7, 11) is -12.6. The van der Waals surface area contributed by atoms with Crippen LogP contribution in [0.15, 0.2) is 54.2 Å². The van der Waals surface area contributed by atoms with Gasteiger partial charge in [-0.2, -0.15) is 25.3 Å². The summed E-state index contributed by atoms with van der Waals surface area (Å²) in [6.45, 7) is 9.07. The fourth-order valence-corrected chi connectivity index (χ4v) is 2.51. The molecule has 1 rings (SSSR count). The normalized spacial score (nSPS) is 12.0. The van der Waals surface area contributed by atoms with Crippen LogP contribution in [0.5, 0.6) is 17.2 Å². The molecule has 0 bridgehead atoms. The molecule has 132 valence electrons. The van der Waals surface area contributed by atoms with Crippen LogP contribution in [0.3, 0.4) is 0 Å². The van der Waals surface area contributed by atoms with Crippen molar-refractivity contribution in [2.45, 2.75) is 0 Å². The van der Waals surface area contributed by atoms with E-state index in [0.717, 1.165) is 18.2 Å². The minimum Gasteiger partial charge on any atom is -0.379 e. The molecular weight excluding hydrogens is 384 g/mol. The van der Waals surface area contributed by atoms with E-state index >= 15 is 0 Å². The molecule has 0 amide bonds. The molecular formula is C12H12O9S3. The monoisotopic (exact) mass is 396 g/mol. The topological polar surface area (TPSA) is 130 Å². The van der Waals surface area contributed by atoms with Crippen molar-refractivity contribution >= 4 is 30.4 Å². The maximum Gasteiger partial charge on any atom is 0.331 e. The zero-order valence-corrected chi connectivity index (χ0v) is 14.4. The molecule has 0 aliphatic carbocycles. The number of benzene rings is 1. The second kappa shape index (κ2) is 7.07. The number of hydrogen-bond acceptors (Lipinski definition) is 9. The van der Waals surface area contributed by atoms with Gasteiger partial charge in [-0.1, -0.05) is 19.7 Å². The van der Waals surface area contributed by atoms with Crippen LogP contribution in [0.4, 0.5) is 0 Å². The lowest BCUT2D eigenvalue weighted by Crippen LogP contribution is -2.10. The van der Waals surface area contributed by atoms with Crippen LogP contribution < -0.4 is 12.5 Å². The second-order valence-corrected chi connectivity index (χ2v) is 8.29. The SMILES string of the molecule is C=CS(=O)(=O)Oc1ccc(OS(=O)(=O)C=C)c(OS(=O)(=O)C=C)c1. The predicted octanol–water partition coefficient (Wildman–Crippen LogP) is 1.24. The Morgan fingerprint density at radius 1 is 0.667 bits per heavy atom. The van der Waals surface area contributed by atoms with Gasteiger partial charge in [-0.15, -0.1) is 0 Å². The van der Waals surface area contributed by atoms with E-state index in [-0.39, 0.29) is 5.75 Å². The number of rotatable bonds is 9. The summed E-state index contributed by atoms with van der Waals surface area (Å²) in [6, 6.07) is 2.75. The molecule has 0 saturated carbocycles. The van der Waals surface area contributed by atoms with Crippen molar-refractivity contribution in [3.63, 3.8) is 0 Å². The Labute approximate surface area is 139 Å². The van der Waals surface area contributed by atoms with Crippen LogP contribution in [0.2, 0.25) is 0 Å². The summed E-state index contributed by atoms with van der Waals surface area (Å²) in [4.78, 5) is 0. The van der Waals surface area contributed by atoms with Gasteiger partial charge >= 0.3 is 30.4 Å².